The number of ether oxygens (including phenoxy) is 1. The summed E-state index contributed by atoms with van der Waals surface area (Å²) >= 11 is 0. The van der Waals surface area contributed by atoms with Crippen LogP contribution in [0.4, 0.5) is 0 Å². The number of nitrogens with one attached hydrogen (secondary N) is 1. The lowest BCUT2D eigenvalue weighted by Crippen LogP contribution is -2.10. The quantitative estimate of drug-likeness (QED) is 0.833. The lowest BCUT2D eigenvalue weighted by molar-refractivity contribution is 0.246. The number of hydrogen-bond donors (Lipinski definition) is 1. The highest BCUT2D eigenvalue weighted by molar-refractivity contribution is 5.89. The predicted molar refractivity (Wildman–Crippen MR) is 84.1 cm³/mol. The van der Waals surface area contributed by atoms with E-state index in [2.05, 4.69) is 42.3 Å². The van der Waals surface area contributed by atoms with Crippen molar-refractivity contribution in [1.82, 2.24) is 10.3 Å². The lowest BCUT2D eigenvalue weighted by atomic mass is 10.1. The van der Waals surface area contributed by atoms with Crippen molar-refractivity contribution in [2.45, 2.75) is 33.2 Å². The molecule has 1 heterocycles. The summed E-state index contributed by atoms with van der Waals surface area (Å²) < 4.78 is 5.94. The highest BCUT2D eigenvalue weighted by Crippen LogP contribution is 2.26. The molecule has 20 heavy (non-hydrogen) atoms. The van der Waals surface area contributed by atoms with Crippen LogP contribution in [-0.2, 0) is 6.54 Å². The molecule has 0 aliphatic heterocycles. The molecule has 0 aliphatic rings. The van der Waals surface area contributed by atoms with E-state index in [0.29, 0.717) is 5.92 Å². The second-order valence-electron chi connectivity index (χ2n) is 5.37. The van der Waals surface area contributed by atoms with Gasteiger partial charge in [0.2, 0.25) is 5.88 Å². The minimum Gasteiger partial charge on any atom is -0.477 e. The maximum Gasteiger partial charge on any atom is 0.221 e. The van der Waals surface area contributed by atoms with Gasteiger partial charge in [-0.05, 0) is 36.4 Å². The molecule has 3 heteroatoms. The van der Waals surface area contributed by atoms with E-state index in [1.807, 2.05) is 19.3 Å². The molecular weight excluding hydrogens is 248 g/mol. The lowest BCUT2D eigenvalue weighted by Gasteiger charge is -2.14. The van der Waals surface area contributed by atoms with Crippen LogP contribution in [0.2, 0.25) is 0 Å². The van der Waals surface area contributed by atoms with E-state index in [-0.39, 0.29) is 0 Å². The summed E-state index contributed by atoms with van der Waals surface area (Å²) in [4.78, 5) is 4.50. The third-order valence-corrected chi connectivity index (χ3v) is 3.49. The van der Waals surface area contributed by atoms with Gasteiger partial charge in [-0.25, -0.2) is 4.98 Å². The molecule has 1 unspecified atom stereocenters. The smallest absolute Gasteiger partial charge is 0.221 e. The Morgan fingerprint density at radius 1 is 1.25 bits per heavy atom. The highest BCUT2D eigenvalue weighted by Gasteiger charge is 2.09. The Bertz CT molecular complexity index is 554. The van der Waals surface area contributed by atoms with Crippen LogP contribution in [0.15, 0.2) is 30.5 Å². The van der Waals surface area contributed by atoms with Crippen LogP contribution in [0.25, 0.3) is 10.8 Å². The first-order chi connectivity index (χ1) is 9.76. The van der Waals surface area contributed by atoms with Gasteiger partial charge in [-0.3, -0.25) is 0 Å². The zero-order valence-electron chi connectivity index (χ0n) is 12.6. The molecule has 2 rings (SSSR count). The molecule has 0 bridgehead atoms. The average Bonchev–Trinajstić information content (AvgIpc) is 2.47. The van der Waals surface area contributed by atoms with Crippen LogP contribution in [-0.4, -0.2) is 18.6 Å². The van der Waals surface area contributed by atoms with Gasteiger partial charge in [0.25, 0.3) is 0 Å². The average molecular weight is 272 g/mol. The first kappa shape index (κ1) is 14.8. The molecule has 1 N–H and O–H groups in total. The number of rotatable bonds is 7. The van der Waals surface area contributed by atoms with Crippen molar-refractivity contribution >= 4 is 10.8 Å². The maximum absolute atomic E-state index is 5.94. The van der Waals surface area contributed by atoms with Gasteiger partial charge in [0.05, 0.1) is 6.61 Å². The summed E-state index contributed by atoms with van der Waals surface area (Å²) in [7, 11) is 1.95. The normalized spacial score (nSPS) is 12.6. The van der Waals surface area contributed by atoms with E-state index in [1.54, 1.807) is 0 Å². The van der Waals surface area contributed by atoms with Crippen LogP contribution >= 0.6 is 0 Å². The molecule has 1 aromatic carbocycles. The molecule has 1 atom stereocenters. The molecule has 2 aromatic rings. The number of fused-ring (bicyclic) bond motifs is 1. The highest BCUT2D eigenvalue weighted by atomic mass is 16.5. The molecule has 0 saturated heterocycles. The van der Waals surface area contributed by atoms with Crippen molar-refractivity contribution in [2.75, 3.05) is 13.7 Å². The van der Waals surface area contributed by atoms with Gasteiger partial charge in [0, 0.05) is 18.1 Å². The fourth-order valence-corrected chi connectivity index (χ4v) is 2.47. The van der Waals surface area contributed by atoms with Crippen molar-refractivity contribution in [2.24, 2.45) is 5.92 Å². The molecule has 1 aromatic heterocycles. The molecule has 0 aliphatic carbocycles. The third-order valence-electron chi connectivity index (χ3n) is 3.49. The molecule has 0 fully saturated rings. The second-order valence-corrected chi connectivity index (χ2v) is 5.37. The van der Waals surface area contributed by atoms with E-state index in [0.717, 1.165) is 24.4 Å². The number of pyridine rings is 1. The Balaban J connectivity index is 2.24. The maximum atomic E-state index is 5.94. The predicted octanol–water partition coefficient (Wildman–Crippen LogP) is 3.77. The Kier molecular flexibility index (Phi) is 5.36. The number of nitrogens with zero attached hydrogens (tertiary/aromatic N) is 1. The first-order valence-corrected chi connectivity index (χ1v) is 7.40. The van der Waals surface area contributed by atoms with Crippen LogP contribution in [0.3, 0.4) is 0 Å². The van der Waals surface area contributed by atoms with E-state index in [9.17, 15) is 0 Å². The van der Waals surface area contributed by atoms with Gasteiger partial charge in [-0.1, -0.05) is 38.5 Å². The summed E-state index contributed by atoms with van der Waals surface area (Å²) in [6.07, 6.45) is 4.30. The van der Waals surface area contributed by atoms with Crippen molar-refractivity contribution in [3.8, 4) is 5.88 Å². The summed E-state index contributed by atoms with van der Waals surface area (Å²) in [5, 5.41) is 5.50. The first-order valence-electron chi connectivity index (χ1n) is 7.40. The van der Waals surface area contributed by atoms with Crippen molar-refractivity contribution in [1.29, 1.82) is 0 Å². The molecule has 0 spiro atoms. The standard InChI is InChI=1S/C17H24N2O/c1-4-7-13(2)12-20-17-16-9-6-5-8-15(16)14(10-18-3)11-19-17/h5-6,8-9,11,13,18H,4,7,10,12H2,1-3H3. The van der Waals surface area contributed by atoms with Gasteiger partial charge in [-0.15, -0.1) is 0 Å². The van der Waals surface area contributed by atoms with Gasteiger partial charge >= 0.3 is 0 Å². The molecule has 0 radical (unpaired) electrons. The van der Waals surface area contributed by atoms with Gasteiger partial charge < -0.3 is 10.1 Å². The zero-order valence-corrected chi connectivity index (χ0v) is 12.6. The molecule has 108 valence electrons. The van der Waals surface area contributed by atoms with Gasteiger partial charge in [0.1, 0.15) is 0 Å². The van der Waals surface area contributed by atoms with E-state index >= 15 is 0 Å². The van der Waals surface area contributed by atoms with Crippen LogP contribution in [0.1, 0.15) is 32.3 Å². The van der Waals surface area contributed by atoms with Crippen molar-refractivity contribution in [3.05, 3.63) is 36.0 Å². The largest absolute Gasteiger partial charge is 0.477 e. The zero-order chi connectivity index (χ0) is 14.4. The Hall–Kier alpha value is -1.61. The minimum absolute atomic E-state index is 0.567. The topological polar surface area (TPSA) is 34.1 Å². The fraction of sp³-hybridized carbons (Fsp3) is 0.471. The van der Waals surface area contributed by atoms with Crippen molar-refractivity contribution in [3.63, 3.8) is 0 Å². The fourth-order valence-electron chi connectivity index (χ4n) is 2.47. The SMILES string of the molecule is CCCC(C)COc1ncc(CNC)c2ccccc12. The van der Waals surface area contributed by atoms with Gasteiger partial charge in [-0.2, -0.15) is 0 Å². The molecular formula is C17H24N2O. The monoisotopic (exact) mass is 272 g/mol. The molecule has 0 amide bonds. The summed E-state index contributed by atoms with van der Waals surface area (Å²) in [5.41, 5.74) is 1.21. The Morgan fingerprint density at radius 3 is 2.70 bits per heavy atom. The minimum atomic E-state index is 0.567. The molecule has 3 nitrogen and oxygen atoms in total. The third kappa shape index (κ3) is 3.48. The second kappa shape index (κ2) is 7.25. The summed E-state index contributed by atoms with van der Waals surface area (Å²) in [6, 6.07) is 8.31. The number of benzene rings is 1. The van der Waals surface area contributed by atoms with Crippen LogP contribution in [0, 0.1) is 5.92 Å². The number of hydrogen-bond acceptors (Lipinski definition) is 3. The van der Waals surface area contributed by atoms with Crippen LogP contribution < -0.4 is 10.1 Å². The summed E-state index contributed by atoms with van der Waals surface area (Å²) in [6.45, 7) is 5.98. The van der Waals surface area contributed by atoms with Crippen LogP contribution in [0.5, 0.6) is 5.88 Å². The van der Waals surface area contributed by atoms with E-state index in [1.165, 1.54) is 23.8 Å². The van der Waals surface area contributed by atoms with Crippen molar-refractivity contribution < 1.29 is 4.74 Å². The van der Waals surface area contributed by atoms with Gasteiger partial charge in [0.15, 0.2) is 0 Å². The Labute approximate surface area is 121 Å². The van der Waals surface area contributed by atoms with E-state index in [4.69, 9.17) is 4.74 Å². The number of aromatic nitrogens is 1. The Morgan fingerprint density at radius 2 is 2.00 bits per heavy atom. The molecule has 0 saturated carbocycles. The van der Waals surface area contributed by atoms with E-state index < -0.39 is 0 Å². The summed E-state index contributed by atoms with van der Waals surface area (Å²) in [5.74, 6) is 1.32.